The second kappa shape index (κ2) is 7.51. The molecule has 5 nitrogen and oxygen atoms in total. The minimum atomic E-state index is -0.000593. The summed E-state index contributed by atoms with van der Waals surface area (Å²) in [6.45, 7) is 4.00. The monoisotopic (exact) mass is 327 g/mol. The van der Waals surface area contributed by atoms with Gasteiger partial charge >= 0.3 is 0 Å². The van der Waals surface area contributed by atoms with Gasteiger partial charge in [-0.05, 0) is 38.3 Å². The molecule has 0 amide bonds. The lowest BCUT2D eigenvalue weighted by molar-refractivity contribution is 0.564. The molecule has 6 heteroatoms. The Bertz CT molecular complexity index is 670. The van der Waals surface area contributed by atoms with Crippen LogP contribution < -0.4 is 4.90 Å². The molecular weight excluding hydrogens is 306 g/mol. The highest BCUT2D eigenvalue weighted by molar-refractivity contribution is 7.99. The maximum atomic E-state index is 8.99. The van der Waals surface area contributed by atoms with E-state index in [-0.39, 0.29) is 5.92 Å². The van der Waals surface area contributed by atoms with E-state index in [2.05, 4.69) is 37.9 Å². The van der Waals surface area contributed by atoms with E-state index in [0.29, 0.717) is 0 Å². The first-order valence-electron chi connectivity index (χ1n) is 8.08. The van der Waals surface area contributed by atoms with Crippen LogP contribution in [0.3, 0.4) is 0 Å². The molecule has 0 radical (unpaired) electrons. The first kappa shape index (κ1) is 15.9. The average molecular weight is 327 g/mol. The average Bonchev–Trinajstić information content (AvgIpc) is 3.05. The molecule has 3 rings (SSSR count). The fraction of sp³-hybridized carbons (Fsp3) is 0.471. The summed E-state index contributed by atoms with van der Waals surface area (Å²) in [5.74, 6) is 1.64. The third-order valence-corrected chi connectivity index (χ3v) is 5.14. The van der Waals surface area contributed by atoms with Crippen LogP contribution in [-0.2, 0) is 0 Å². The Morgan fingerprint density at radius 2 is 1.91 bits per heavy atom. The van der Waals surface area contributed by atoms with Crippen molar-refractivity contribution in [3.05, 3.63) is 30.3 Å². The number of rotatable bonds is 5. The molecular formula is C17H21N5S. The number of para-hydroxylation sites is 1. The highest BCUT2D eigenvalue weighted by Gasteiger charge is 2.21. The lowest BCUT2D eigenvalue weighted by atomic mass is 10.1. The van der Waals surface area contributed by atoms with Gasteiger partial charge in [0.25, 0.3) is 0 Å². The summed E-state index contributed by atoms with van der Waals surface area (Å²) in [7, 11) is 0. The van der Waals surface area contributed by atoms with Gasteiger partial charge in [-0.15, -0.1) is 10.2 Å². The van der Waals surface area contributed by atoms with Crippen LogP contribution in [0.5, 0.6) is 0 Å². The van der Waals surface area contributed by atoms with Crippen LogP contribution in [-0.4, -0.2) is 33.6 Å². The lowest BCUT2D eigenvalue weighted by Crippen LogP contribution is -2.31. The maximum Gasteiger partial charge on any atom is 0.232 e. The van der Waals surface area contributed by atoms with Crippen molar-refractivity contribution in [2.24, 2.45) is 5.92 Å². The standard InChI is InChI=1S/C17H21N5S/c1-14(12-18)13-23-17-20-19-16(21-10-6-3-7-11-21)22(17)15-8-4-2-5-9-15/h2,4-5,8-9,14H,3,6-7,10-11,13H2,1H3/t14-/m0/s1. The molecule has 120 valence electrons. The lowest BCUT2D eigenvalue weighted by Gasteiger charge is -2.27. The number of hydrogen-bond acceptors (Lipinski definition) is 5. The molecule has 0 aliphatic carbocycles. The minimum absolute atomic E-state index is 0.000593. The number of benzene rings is 1. The molecule has 0 bridgehead atoms. The molecule has 1 aromatic carbocycles. The van der Waals surface area contributed by atoms with Crippen molar-refractivity contribution in [1.29, 1.82) is 5.26 Å². The fourth-order valence-electron chi connectivity index (χ4n) is 2.69. The molecule has 1 saturated heterocycles. The Morgan fingerprint density at radius 1 is 1.17 bits per heavy atom. The summed E-state index contributed by atoms with van der Waals surface area (Å²) in [5, 5.41) is 18.7. The Morgan fingerprint density at radius 3 is 2.61 bits per heavy atom. The van der Waals surface area contributed by atoms with E-state index in [1.54, 1.807) is 11.8 Å². The van der Waals surface area contributed by atoms with Gasteiger partial charge in [0.05, 0.1) is 17.7 Å². The number of thioether (sulfide) groups is 1. The molecule has 0 saturated carbocycles. The van der Waals surface area contributed by atoms with Crippen LogP contribution in [0.15, 0.2) is 35.5 Å². The third-order valence-electron chi connectivity index (χ3n) is 3.95. The number of nitrogens with zero attached hydrogens (tertiary/aromatic N) is 5. The summed E-state index contributed by atoms with van der Waals surface area (Å²) in [5.41, 5.74) is 1.07. The molecule has 23 heavy (non-hydrogen) atoms. The molecule has 0 spiro atoms. The van der Waals surface area contributed by atoms with E-state index in [0.717, 1.165) is 35.6 Å². The molecule has 1 aliphatic heterocycles. The van der Waals surface area contributed by atoms with Gasteiger partial charge in [0.1, 0.15) is 0 Å². The Kier molecular flexibility index (Phi) is 5.19. The van der Waals surface area contributed by atoms with Crippen molar-refractivity contribution in [3.8, 4) is 11.8 Å². The van der Waals surface area contributed by atoms with Crippen LogP contribution in [0.2, 0.25) is 0 Å². The van der Waals surface area contributed by atoms with Crippen molar-refractivity contribution in [1.82, 2.24) is 14.8 Å². The van der Waals surface area contributed by atoms with Gasteiger partial charge in [-0.1, -0.05) is 30.0 Å². The van der Waals surface area contributed by atoms with Crippen LogP contribution in [0.4, 0.5) is 5.95 Å². The summed E-state index contributed by atoms with van der Waals surface area (Å²) in [6, 6.07) is 12.5. The van der Waals surface area contributed by atoms with Crippen LogP contribution in [0.1, 0.15) is 26.2 Å². The number of anilines is 1. The highest BCUT2D eigenvalue weighted by Crippen LogP contribution is 2.29. The SMILES string of the molecule is C[C@@H](C#N)CSc1nnc(N2CCCCC2)n1-c1ccccc1. The summed E-state index contributed by atoms with van der Waals surface area (Å²) >= 11 is 1.60. The first-order valence-corrected chi connectivity index (χ1v) is 9.06. The third kappa shape index (κ3) is 3.67. The molecule has 1 fully saturated rings. The zero-order valence-corrected chi connectivity index (χ0v) is 14.2. The molecule has 1 aliphatic rings. The van der Waals surface area contributed by atoms with Crippen molar-refractivity contribution in [2.45, 2.75) is 31.3 Å². The summed E-state index contributed by atoms with van der Waals surface area (Å²) in [4.78, 5) is 2.32. The van der Waals surface area contributed by atoms with Crippen molar-refractivity contribution in [2.75, 3.05) is 23.7 Å². The first-order chi connectivity index (χ1) is 11.3. The molecule has 2 aromatic rings. The molecule has 0 unspecified atom stereocenters. The largest absolute Gasteiger partial charge is 0.341 e. The predicted molar refractivity (Wildman–Crippen MR) is 92.9 cm³/mol. The zero-order chi connectivity index (χ0) is 16.1. The minimum Gasteiger partial charge on any atom is -0.341 e. The number of nitriles is 1. The summed E-state index contributed by atoms with van der Waals surface area (Å²) in [6.07, 6.45) is 3.70. The molecule has 2 heterocycles. The predicted octanol–water partition coefficient (Wildman–Crippen LogP) is 3.51. The van der Waals surface area contributed by atoms with E-state index in [4.69, 9.17) is 5.26 Å². The van der Waals surface area contributed by atoms with Gasteiger partial charge in [-0.2, -0.15) is 5.26 Å². The van der Waals surface area contributed by atoms with Gasteiger partial charge in [-0.25, -0.2) is 0 Å². The van der Waals surface area contributed by atoms with Gasteiger partial charge in [0, 0.05) is 18.8 Å². The van der Waals surface area contributed by atoms with E-state index in [1.807, 2.05) is 25.1 Å². The maximum absolute atomic E-state index is 8.99. The molecule has 0 N–H and O–H groups in total. The smallest absolute Gasteiger partial charge is 0.232 e. The van der Waals surface area contributed by atoms with Crippen LogP contribution in [0, 0.1) is 17.2 Å². The van der Waals surface area contributed by atoms with Crippen molar-refractivity contribution in [3.63, 3.8) is 0 Å². The van der Waals surface area contributed by atoms with E-state index in [9.17, 15) is 0 Å². The molecule has 1 atom stereocenters. The normalized spacial score (nSPS) is 16.1. The quantitative estimate of drug-likeness (QED) is 0.787. The van der Waals surface area contributed by atoms with E-state index < -0.39 is 0 Å². The highest BCUT2D eigenvalue weighted by atomic mass is 32.2. The Labute approximate surface area is 141 Å². The zero-order valence-electron chi connectivity index (χ0n) is 13.4. The topological polar surface area (TPSA) is 57.7 Å². The molecule has 1 aromatic heterocycles. The van der Waals surface area contributed by atoms with E-state index in [1.165, 1.54) is 19.3 Å². The number of aromatic nitrogens is 3. The van der Waals surface area contributed by atoms with Gasteiger partial charge in [0.2, 0.25) is 5.95 Å². The van der Waals surface area contributed by atoms with Gasteiger partial charge in [-0.3, -0.25) is 4.57 Å². The van der Waals surface area contributed by atoms with Crippen molar-refractivity contribution < 1.29 is 0 Å². The van der Waals surface area contributed by atoms with Crippen LogP contribution >= 0.6 is 11.8 Å². The number of piperidine rings is 1. The van der Waals surface area contributed by atoms with E-state index >= 15 is 0 Å². The fourth-order valence-corrected chi connectivity index (χ4v) is 3.58. The van der Waals surface area contributed by atoms with Crippen LogP contribution in [0.25, 0.3) is 5.69 Å². The van der Waals surface area contributed by atoms with Gasteiger partial charge < -0.3 is 4.90 Å². The second-order valence-electron chi connectivity index (χ2n) is 5.84. The number of hydrogen-bond donors (Lipinski definition) is 0. The second-order valence-corrected chi connectivity index (χ2v) is 6.83. The summed E-state index contributed by atoms with van der Waals surface area (Å²) < 4.78 is 2.13. The Balaban J connectivity index is 1.93. The van der Waals surface area contributed by atoms with Gasteiger partial charge in [0.15, 0.2) is 5.16 Å². The van der Waals surface area contributed by atoms with Crippen molar-refractivity contribution >= 4 is 17.7 Å². The Hall–Kier alpha value is -2.00.